The molecule has 0 amide bonds. The first-order valence-corrected chi connectivity index (χ1v) is 9.63. The number of nitrogens with zero attached hydrogens (tertiary/aromatic N) is 3. The standard InChI is InChI=1S/C19H28N4S/c1-20-19-21-17(14-24-19)13-23-11-5-4-6-18(23)16-9-7-15(8-10-16)12-22(2)3/h7-10,14,18H,4-6,11-13H2,1-3H3,(H,20,21). The van der Waals surface area contributed by atoms with E-state index in [1.54, 1.807) is 11.3 Å². The molecule has 1 saturated heterocycles. The Morgan fingerprint density at radius 1 is 1.25 bits per heavy atom. The highest BCUT2D eigenvalue weighted by atomic mass is 32.1. The topological polar surface area (TPSA) is 31.4 Å². The quantitative estimate of drug-likeness (QED) is 0.859. The van der Waals surface area contributed by atoms with Gasteiger partial charge in [0, 0.05) is 31.6 Å². The number of hydrogen-bond acceptors (Lipinski definition) is 5. The summed E-state index contributed by atoms with van der Waals surface area (Å²) in [5.41, 5.74) is 4.01. The normalized spacial score (nSPS) is 18.9. The summed E-state index contributed by atoms with van der Waals surface area (Å²) in [6.45, 7) is 3.11. The van der Waals surface area contributed by atoms with Crippen LogP contribution in [0.2, 0.25) is 0 Å². The van der Waals surface area contributed by atoms with Crippen molar-refractivity contribution in [1.29, 1.82) is 0 Å². The molecule has 1 aromatic heterocycles. The van der Waals surface area contributed by atoms with Gasteiger partial charge in [0.1, 0.15) is 0 Å². The Balaban J connectivity index is 1.71. The van der Waals surface area contributed by atoms with Crippen molar-refractivity contribution < 1.29 is 0 Å². The van der Waals surface area contributed by atoms with E-state index >= 15 is 0 Å². The Morgan fingerprint density at radius 3 is 2.71 bits per heavy atom. The van der Waals surface area contributed by atoms with Gasteiger partial charge in [-0.15, -0.1) is 11.3 Å². The third-order valence-electron chi connectivity index (χ3n) is 4.61. The summed E-state index contributed by atoms with van der Waals surface area (Å²) < 4.78 is 0. The molecular formula is C19H28N4S. The highest BCUT2D eigenvalue weighted by molar-refractivity contribution is 7.13. The van der Waals surface area contributed by atoms with Crippen molar-refractivity contribution in [2.24, 2.45) is 0 Å². The molecule has 1 N–H and O–H groups in total. The number of likely N-dealkylation sites (tertiary alicyclic amines) is 1. The summed E-state index contributed by atoms with van der Waals surface area (Å²) in [6, 6.07) is 9.73. The lowest BCUT2D eigenvalue weighted by Gasteiger charge is -2.35. The number of anilines is 1. The van der Waals surface area contributed by atoms with Crippen LogP contribution in [0.4, 0.5) is 5.13 Å². The molecule has 5 heteroatoms. The van der Waals surface area contributed by atoms with Gasteiger partial charge in [0.15, 0.2) is 5.13 Å². The van der Waals surface area contributed by atoms with Crippen molar-refractivity contribution >= 4 is 16.5 Å². The van der Waals surface area contributed by atoms with Crippen molar-refractivity contribution in [2.45, 2.75) is 38.4 Å². The molecule has 1 aromatic carbocycles. The largest absolute Gasteiger partial charge is 0.365 e. The van der Waals surface area contributed by atoms with Crippen molar-refractivity contribution in [3.8, 4) is 0 Å². The molecule has 2 aromatic rings. The number of benzene rings is 1. The fraction of sp³-hybridized carbons (Fsp3) is 0.526. The number of nitrogens with one attached hydrogen (secondary N) is 1. The van der Waals surface area contributed by atoms with Gasteiger partial charge < -0.3 is 10.2 Å². The summed E-state index contributed by atoms with van der Waals surface area (Å²) in [5, 5.41) is 6.32. The lowest BCUT2D eigenvalue weighted by Crippen LogP contribution is -2.33. The van der Waals surface area contributed by atoms with Crippen LogP contribution in [0.3, 0.4) is 0 Å². The first-order valence-electron chi connectivity index (χ1n) is 8.75. The van der Waals surface area contributed by atoms with Gasteiger partial charge >= 0.3 is 0 Å². The maximum absolute atomic E-state index is 4.66. The van der Waals surface area contributed by atoms with E-state index in [2.05, 4.69) is 63.8 Å². The van der Waals surface area contributed by atoms with Crippen molar-refractivity contribution in [2.75, 3.05) is 33.0 Å². The molecule has 1 atom stereocenters. The molecule has 0 radical (unpaired) electrons. The van der Waals surface area contributed by atoms with Gasteiger partial charge in [-0.2, -0.15) is 0 Å². The zero-order valence-electron chi connectivity index (χ0n) is 15.0. The minimum atomic E-state index is 0.520. The van der Waals surface area contributed by atoms with E-state index in [9.17, 15) is 0 Å². The molecule has 2 heterocycles. The van der Waals surface area contributed by atoms with E-state index in [1.165, 1.54) is 36.1 Å². The summed E-state index contributed by atoms with van der Waals surface area (Å²) in [5.74, 6) is 0. The van der Waals surface area contributed by atoms with Gasteiger partial charge in [-0.3, -0.25) is 4.90 Å². The first kappa shape index (κ1) is 17.4. The molecule has 1 aliphatic rings. The minimum Gasteiger partial charge on any atom is -0.365 e. The number of hydrogen-bond donors (Lipinski definition) is 1. The van der Waals surface area contributed by atoms with Crippen LogP contribution in [0.5, 0.6) is 0 Å². The second-order valence-electron chi connectivity index (χ2n) is 6.86. The molecule has 1 aliphatic heterocycles. The van der Waals surface area contributed by atoms with Crippen LogP contribution in [-0.4, -0.2) is 42.5 Å². The van der Waals surface area contributed by atoms with Crippen LogP contribution in [-0.2, 0) is 13.1 Å². The van der Waals surface area contributed by atoms with Crippen LogP contribution in [0.1, 0.15) is 42.1 Å². The number of piperidine rings is 1. The highest BCUT2D eigenvalue weighted by Gasteiger charge is 2.24. The maximum atomic E-state index is 4.66. The fourth-order valence-electron chi connectivity index (χ4n) is 3.47. The zero-order chi connectivity index (χ0) is 16.9. The second kappa shape index (κ2) is 8.10. The van der Waals surface area contributed by atoms with Crippen molar-refractivity contribution in [3.63, 3.8) is 0 Å². The second-order valence-corrected chi connectivity index (χ2v) is 7.71. The molecule has 1 fully saturated rings. The summed E-state index contributed by atoms with van der Waals surface area (Å²) >= 11 is 1.69. The third-order valence-corrected chi connectivity index (χ3v) is 5.52. The van der Waals surface area contributed by atoms with E-state index in [1.807, 2.05) is 7.05 Å². The van der Waals surface area contributed by atoms with E-state index in [0.29, 0.717) is 6.04 Å². The fourth-order valence-corrected chi connectivity index (χ4v) is 4.13. The van der Waals surface area contributed by atoms with Gasteiger partial charge in [-0.25, -0.2) is 4.98 Å². The highest BCUT2D eigenvalue weighted by Crippen LogP contribution is 2.32. The van der Waals surface area contributed by atoms with Crippen LogP contribution in [0.15, 0.2) is 29.6 Å². The molecule has 1 unspecified atom stereocenters. The summed E-state index contributed by atoms with van der Waals surface area (Å²) in [4.78, 5) is 9.47. The number of rotatable bonds is 6. The maximum Gasteiger partial charge on any atom is 0.182 e. The smallest absolute Gasteiger partial charge is 0.182 e. The average molecular weight is 345 g/mol. The summed E-state index contributed by atoms with van der Waals surface area (Å²) in [7, 11) is 6.16. The Hall–Kier alpha value is -1.43. The Labute approximate surface area is 149 Å². The molecule has 4 nitrogen and oxygen atoms in total. The predicted octanol–water partition coefficient (Wildman–Crippen LogP) is 3.97. The molecule has 0 bridgehead atoms. The lowest BCUT2D eigenvalue weighted by molar-refractivity contribution is 0.139. The van der Waals surface area contributed by atoms with Crippen LogP contribution < -0.4 is 5.32 Å². The predicted molar refractivity (Wildman–Crippen MR) is 102 cm³/mol. The molecule has 3 rings (SSSR count). The zero-order valence-corrected chi connectivity index (χ0v) is 15.8. The molecule has 130 valence electrons. The van der Waals surface area contributed by atoms with Gasteiger partial charge in [-0.05, 0) is 44.6 Å². The van der Waals surface area contributed by atoms with Crippen molar-refractivity contribution in [1.82, 2.24) is 14.8 Å². The number of thiazole rings is 1. The minimum absolute atomic E-state index is 0.520. The Morgan fingerprint density at radius 2 is 2.04 bits per heavy atom. The third kappa shape index (κ3) is 4.35. The molecule has 0 spiro atoms. The summed E-state index contributed by atoms with van der Waals surface area (Å²) in [6.07, 6.45) is 3.85. The van der Waals surface area contributed by atoms with Gasteiger partial charge in [0.05, 0.1) is 5.69 Å². The SMILES string of the molecule is CNc1nc(CN2CCCCC2c2ccc(CN(C)C)cc2)cs1. The lowest BCUT2D eigenvalue weighted by atomic mass is 9.94. The molecular weight excluding hydrogens is 316 g/mol. The van der Waals surface area contributed by atoms with E-state index in [4.69, 9.17) is 0 Å². The van der Waals surface area contributed by atoms with Crippen LogP contribution in [0.25, 0.3) is 0 Å². The van der Waals surface area contributed by atoms with Crippen LogP contribution >= 0.6 is 11.3 Å². The van der Waals surface area contributed by atoms with Gasteiger partial charge in [0.2, 0.25) is 0 Å². The Kier molecular flexibility index (Phi) is 5.87. The molecule has 24 heavy (non-hydrogen) atoms. The molecule has 0 saturated carbocycles. The Bertz CT molecular complexity index is 635. The monoisotopic (exact) mass is 344 g/mol. The van der Waals surface area contributed by atoms with Gasteiger partial charge in [0.25, 0.3) is 0 Å². The van der Waals surface area contributed by atoms with E-state index in [-0.39, 0.29) is 0 Å². The molecule has 0 aliphatic carbocycles. The van der Waals surface area contributed by atoms with Gasteiger partial charge in [-0.1, -0.05) is 30.7 Å². The average Bonchev–Trinajstić information content (AvgIpc) is 3.03. The number of aromatic nitrogens is 1. The van der Waals surface area contributed by atoms with E-state index < -0.39 is 0 Å². The van der Waals surface area contributed by atoms with E-state index in [0.717, 1.165) is 24.8 Å². The first-order chi connectivity index (χ1) is 11.7. The van der Waals surface area contributed by atoms with Crippen LogP contribution in [0, 0.1) is 0 Å². The van der Waals surface area contributed by atoms with Crippen molar-refractivity contribution in [3.05, 3.63) is 46.5 Å².